The van der Waals surface area contributed by atoms with Gasteiger partial charge in [-0.05, 0) is 31.4 Å². The van der Waals surface area contributed by atoms with E-state index >= 15 is 0 Å². The molecule has 0 saturated carbocycles. The van der Waals surface area contributed by atoms with Gasteiger partial charge in [-0.15, -0.1) is 0 Å². The minimum absolute atomic E-state index is 0.0101. The average Bonchev–Trinajstić information content (AvgIpc) is 2.51. The molecule has 0 bridgehead atoms. The summed E-state index contributed by atoms with van der Waals surface area (Å²) in [6.45, 7) is 8.73. The summed E-state index contributed by atoms with van der Waals surface area (Å²) < 4.78 is 0. The van der Waals surface area contributed by atoms with Gasteiger partial charge in [0.2, 0.25) is 5.91 Å². The standard InChI is InChI=1S/C15H22N2O/c1-10(2)12(16)9-17-13-8-6-5-7-11(13)15(3,4)14(17)18/h5-8,10,12H,9,16H2,1-4H3. The van der Waals surface area contributed by atoms with E-state index < -0.39 is 5.41 Å². The minimum atomic E-state index is -0.437. The number of nitrogens with two attached hydrogens (primary N) is 1. The molecule has 1 heterocycles. The number of carbonyl (C=O) groups excluding carboxylic acids is 1. The highest BCUT2D eigenvalue weighted by Crippen LogP contribution is 2.41. The van der Waals surface area contributed by atoms with Gasteiger partial charge in [0.15, 0.2) is 0 Å². The van der Waals surface area contributed by atoms with Crippen LogP contribution in [0.5, 0.6) is 0 Å². The molecule has 0 fully saturated rings. The van der Waals surface area contributed by atoms with Crippen molar-refractivity contribution in [2.75, 3.05) is 11.4 Å². The van der Waals surface area contributed by atoms with Crippen LogP contribution >= 0.6 is 0 Å². The summed E-state index contributed by atoms with van der Waals surface area (Å²) in [5, 5.41) is 0. The fraction of sp³-hybridized carbons (Fsp3) is 0.533. The first-order valence-electron chi connectivity index (χ1n) is 6.52. The molecule has 0 spiro atoms. The molecule has 0 aliphatic carbocycles. The van der Waals surface area contributed by atoms with Gasteiger partial charge in [0.1, 0.15) is 0 Å². The molecular weight excluding hydrogens is 224 g/mol. The maximum absolute atomic E-state index is 12.5. The van der Waals surface area contributed by atoms with E-state index in [1.54, 1.807) is 0 Å². The number of hydrogen-bond acceptors (Lipinski definition) is 2. The van der Waals surface area contributed by atoms with Gasteiger partial charge in [-0.25, -0.2) is 0 Å². The molecule has 0 saturated heterocycles. The second-order valence-corrected chi connectivity index (χ2v) is 5.97. The second-order valence-electron chi connectivity index (χ2n) is 5.97. The lowest BCUT2D eigenvalue weighted by Crippen LogP contribution is -2.45. The van der Waals surface area contributed by atoms with Gasteiger partial charge in [-0.1, -0.05) is 32.0 Å². The van der Waals surface area contributed by atoms with Crippen LogP contribution in [0.4, 0.5) is 5.69 Å². The third kappa shape index (κ3) is 1.93. The largest absolute Gasteiger partial charge is 0.326 e. The number of carbonyl (C=O) groups is 1. The number of para-hydroxylation sites is 1. The van der Waals surface area contributed by atoms with Crippen LogP contribution in [0.25, 0.3) is 0 Å². The van der Waals surface area contributed by atoms with Gasteiger partial charge in [-0.2, -0.15) is 0 Å². The van der Waals surface area contributed by atoms with Crippen LogP contribution in [-0.2, 0) is 10.2 Å². The molecule has 2 rings (SSSR count). The second kappa shape index (κ2) is 4.39. The van der Waals surface area contributed by atoms with Gasteiger partial charge in [0, 0.05) is 18.3 Å². The number of hydrogen-bond donors (Lipinski definition) is 1. The molecule has 2 N–H and O–H groups in total. The Hall–Kier alpha value is -1.35. The molecule has 3 heteroatoms. The Morgan fingerprint density at radius 1 is 1.28 bits per heavy atom. The van der Waals surface area contributed by atoms with Crippen molar-refractivity contribution < 1.29 is 4.79 Å². The first kappa shape index (κ1) is 13.1. The van der Waals surface area contributed by atoms with Crippen molar-refractivity contribution in [1.29, 1.82) is 0 Å². The molecule has 0 radical (unpaired) electrons. The van der Waals surface area contributed by atoms with Crippen molar-refractivity contribution in [2.45, 2.75) is 39.2 Å². The first-order chi connectivity index (χ1) is 8.35. The molecule has 3 nitrogen and oxygen atoms in total. The van der Waals surface area contributed by atoms with Crippen molar-refractivity contribution in [3.63, 3.8) is 0 Å². The lowest BCUT2D eigenvalue weighted by Gasteiger charge is -2.25. The van der Waals surface area contributed by atoms with Crippen LogP contribution in [0.3, 0.4) is 0 Å². The molecule has 1 aliphatic rings. The van der Waals surface area contributed by atoms with E-state index in [0.717, 1.165) is 11.3 Å². The maximum atomic E-state index is 12.5. The number of rotatable bonds is 3. The first-order valence-corrected chi connectivity index (χ1v) is 6.52. The number of nitrogens with zero attached hydrogens (tertiary/aromatic N) is 1. The highest BCUT2D eigenvalue weighted by Gasteiger charge is 2.43. The van der Waals surface area contributed by atoms with Crippen molar-refractivity contribution in [1.82, 2.24) is 0 Å². The van der Waals surface area contributed by atoms with E-state index in [-0.39, 0.29) is 11.9 Å². The zero-order chi connectivity index (χ0) is 13.5. The molecule has 18 heavy (non-hydrogen) atoms. The third-order valence-corrected chi connectivity index (χ3v) is 3.90. The van der Waals surface area contributed by atoms with Crippen molar-refractivity contribution in [3.8, 4) is 0 Å². The molecule has 1 aromatic carbocycles. The fourth-order valence-corrected chi connectivity index (χ4v) is 2.40. The molecule has 0 aromatic heterocycles. The van der Waals surface area contributed by atoms with Crippen molar-refractivity contribution in [3.05, 3.63) is 29.8 Å². The molecular formula is C15H22N2O. The zero-order valence-electron chi connectivity index (χ0n) is 11.6. The molecule has 98 valence electrons. The van der Waals surface area contributed by atoms with E-state index in [9.17, 15) is 4.79 Å². The SMILES string of the molecule is CC(C)C(N)CN1C(=O)C(C)(C)c2ccccc21. The lowest BCUT2D eigenvalue weighted by atomic mass is 9.86. The van der Waals surface area contributed by atoms with E-state index in [4.69, 9.17) is 5.73 Å². The van der Waals surface area contributed by atoms with Gasteiger partial charge in [0.05, 0.1) is 5.41 Å². The van der Waals surface area contributed by atoms with Gasteiger partial charge in [0.25, 0.3) is 0 Å². The van der Waals surface area contributed by atoms with E-state index in [0.29, 0.717) is 12.5 Å². The summed E-state index contributed by atoms with van der Waals surface area (Å²) >= 11 is 0. The third-order valence-electron chi connectivity index (χ3n) is 3.90. The Morgan fingerprint density at radius 2 is 1.89 bits per heavy atom. The van der Waals surface area contributed by atoms with Crippen molar-refractivity contribution >= 4 is 11.6 Å². The smallest absolute Gasteiger partial charge is 0.237 e. The van der Waals surface area contributed by atoms with Gasteiger partial charge in [-0.3, -0.25) is 4.79 Å². The monoisotopic (exact) mass is 246 g/mol. The van der Waals surface area contributed by atoms with Gasteiger partial charge >= 0.3 is 0 Å². The average molecular weight is 246 g/mol. The van der Waals surface area contributed by atoms with Gasteiger partial charge < -0.3 is 10.6 Å². The molecule has 1 aliphatic heterocycles. The predicted molar refractivity (Wildman–Crippen MR) is 74.6 cm³/mol. The quantitative estimate of drug-likeness (QED) is 0.889. The van der Waals surface area contributed by atoms with E-state index in [2.05, 4.69) is 13.8 Å². The summed E-state index contributed by atoms with van der Waals surface area (Å²) in [6, 6.07) is 8.01. The highest BCUT2D eigenvalue weighted by molar-refractivity contribution is 6.07. The van der Waals surface area contributed by atoms with E-state index in [1.807, 2.05) is 43.0 Å². The number of amides is 1. The minimum Gasteiger partial charge on any atom is -0.326 e. The zero-order valence-corrected chi connectivity index (χ0v) is 11.6. The Morgan fingerprint density at radius 3 is 2.50 bits per heavy atom. The van der Waals surface area contributed by atoms with Crippen LogP contribution in [-0.4, -0.2) is 18.5 Å². The van der Waals surface area contributed by atoms with Crippen LogP contribution < -0.4 is 10.6 Å². The number of fused-ring (bicyclic) bond motifs is 1. The summed E-state index contributed by atoms with van der Waals surface area (Å²) in [7, 11) is 0. The summed E-state index contributed by atoms with van der Waals surface area (Å²) in [5.41, 5.74) is 7.79. The molecule has 1 unspecified atom stereocenters. The normalized spacial score (nSPS) is 19.2. The van der Waals surface area contributed by atoms with E-state index in [1.165, 1.54) is 0 Å². The summed E-state index contributed by atoms with van der Waals surface area (Å²) in [5.74, 6) is 0.522. The van der Waals surface area contributed by atoms with Crippen molar-refractivity contribution in [2.24, 2.45) is 11.7 Å². The Kier molecular flexibility index (Phi) is 3.20. The Bertz CT molecular complexity index is 465. The highest BCUT2D eigenvalue weighted by atomic mass is 16.2. The topological polar surface area (TPSA) is 46.3 Å². The molecule has 1 aromatic rings. The van der Waals surface area contributed by atoms with Crippen LogP contribution in [0.15, 0.2) is 24.3 Å². The molecule has 1 amide bonds. The van der Waals surface area contributed by atoms with Crippen LogP contribution in [0.1, 0.15) is 33.3 Å². The predicted octanol–water partition coefficient (Wildman–Crippen LogP) is 2.29. The maximum Gasteiger partial charge on any atom is 0.237 e. The van der Waals surface area contributed by atoms with Crippen LogP contribution in [0, 0.1) is 5.92 Å². The number of benzene rings is 1. The summed E-state index contributed by atoms with van der Waals surface area (Å²) in [6.07, 6.45) is 0. The number of anilines is 1. The Balaban J connectivity index is 2.36. The lowest BCUT2D eigenvalue weighted by molar-refractivity contribution is -0.122. The summed E-state index contributed by atoms with van der Waals surface area (Å²) in [4.78, 5) is 14.4. The Labute approximate surface area is 109 Å². The molecule has 1 atom stereocenters. The fourth-order valence-electron chi connectivity index (χ4n) is 2.40. The van der Waals surface area contributed by atoms with Crippen LogP contribution in [0.2, 0.25) is 0 Å².